The van der Waals surface area contributed by atoms with Crippen molar-refractivity contribution in [2.24, 2.45) is 0 Å². The number of rotatable bonds is 6. The Kier molecular flexibility index (Phi) is 6.17. The molecule has 2 heterocycles. The molecule has 0 aliphatic carbocycles. The second kappa shape index (κ2) is 9.17. The van der Waals surface area contributed by atoms with Gasteiger partial charge in [-0.3, -0.25) is 0 Å². The van der Waals surface area contributed by atoms with Crippen LogP contribution in [0.25, 0.3) is 33.8 Å². The number of methoxy groups -OCH3 is 1. The third-order valence-corrected chi connectivity index (χ3v) is 5.80. The van der Waals surface area contributed by atoms with Gasteiger partial charge >= 0.3 is 0 Å². The van der Waals surface area contributed by atoms with Crippen LogP contribution in [0.15, 0.2) is 53.9 Å². The standard InChI is InChI=1S/C24H18ClN3O2S/c1-3-30-19-7-4-15(5-8-19)22-14-31-24(28-22)18(13-26)11-17-10-16-6-9-20(29-2)12-21(16)27-23(17)25/h4-12,14H,3H2,1-2H3. The molecular weight excluding hydrogens is 430 g/mol. The molecule has 0 amide bonds. The van der Waals surface area contributed by atoms with Gasteiger partial charge in [0.15, 0.2) is 0 Å². The highest BCUT2D eigenvalue weighted by atomic mass is 35.5. The van der Waals surface area contributed by atoms with Crippen LogP contribution >= 0.6 is 22.9 Å². The van der Waals surface area contributed by atoms with E-state index in [9.17, 15) is 5.26 Å². The van der Waals surface area contributed by atoms with Gasteiger partial charge in [-0.05, 0) is 55.5 Å². The lowest BCUT2D eigenvalue weighted by atomic mass is 10.1. The third kappa shape index (κ3) is 4.53. The van der Waals surface area contributed by atoms with Crippen molar-refractivity contribution in [3.63, 3.8) is 0 Å². The van der Waals surface area contributed by atoms with Gasteiger partial charge in [-0.15, -0.1) is 11.3 Å². The van der Waals surface area contributed by atoms with Gasteiger partial charge in [0.1, 0.15) is 27.7 Å². The fourth-order valence-corrected chi connectivity index (χ4v) is 4.08. The second-order valence-electron chi connectivity index (χ2n) is 6.59. The molecule has 7 heteroatoms. The number of nitriles is 1. The first kappa shape index (κ1) is 20.9. The Balaban J connectivity index is 1.66. The normalized spacial score (nSPS) is 11.4. The quantitative estimate of drug-likeness (QED) is 0.250. The van der Waals surface area contributed by atoms with Crippen LogP contribution in [0.3, 0.4) is 0 Å². The number of halogens is 1. The number of fused-ring (bicyclic) bond motifs is 1. The van der Waals surface area contributed by atoms with Gasteiger partial charge in [-0.1, -0.05) is 11.6 Å². The smallest absolute Gasteiger partial charge is 0.137 e. The molecule has 0 spiro atoms. The minimum absolute atomic E-state index is 0.316. The van der Waals surface area contributed by atoms with Crippen molar-refractivity contribution in [3.05, 3.63) is 69.6 Å². The first-order chi connectivity index (χ1) is 15.1. The number of aromatic nitrogens is 2. The molecule has 0 aliphatic heterocycles. The van der Waals surface area contributed by atoms with E-state index in [1.54, 1.807) is 13.2 Å². The molecular formula is C24H18ClN3O2S. The van der Waals surface area contributed by atoms with Crippen LogP contribution in [-0.4, -0.2) is 23.7 Å². The van der Waals surface area contributed by atoms with Gasteiger partial charge in [-0.2, -0.15) is 5.26 Å². The molecule has 0 saturated heterocycles. The minimum Gasteiger partial charge on any atom is -0.497 e. The number of hydrogen-bond acceptors (Lipinski definition) is 6. The fraction of sp³-hybridized carbons (Fsp3) is 0.125. The van der Waals surface area contributed by atoms with Crippen LogP contribution in [-0.2, 0) is 0 Å². The monoisotopic (exact) mass is 447 g/mol. The zero-order valence-electron chi connectivity index (χ0n) is 16.9. The van der Waals surface area contributed by atoms with Gasteiger partial charge in [-0.25, -0.2) is 9.97 Å². The molecule has 0 aliphatic rings. The van der Waals surface area contributed by atoms with Crippen molar-refractivity contribution in [2.45, 2.75) is 6.92 Å². The summed E-state index contributed by atoms with van der Waals surface area (Å²) < 4.78 is 10.7. The molecule has 0 bridgehead atoms. The summed E-state index contributed by atoms with van der Waals surface area (Å²) in [5.74, 6) is 1.53. The molecule has 4 rings (SSSR count). The largest absolute Gasteiger partial charge is 0.497 e. The average Bonchev–Trinajstić information content (AvgIpc) is 3.28. The van der Waals surface area contributed by atoms with Crippen LogP contribution in [0.1, 0.15) is 17.5 Å². The number of hydrogen-bond donors (Lipinski definition) is 0. The number of ether oxygens (including phenoxy) is 2. The minimum atomic E-state index is 0.316. The van der Waals surface area contributed by atoms with Crippen molar-refractivity contribution in [2.75, 3.05) is 13.7 Å². The Morgan fingerprint density at radius 3 is 2.61 bits per heavy atom. The maximum absolute atomic E-state index is 9.74. The van der Waals surface area contributed by atoms with Crippen LogP contribution < -0.4 is 9.47 Å². The van der Waals surface area contributed by atoms with Gasteiger partial charge in [0, 0.05) is 28.0 Å². The van der Waals surface area contributed by atoms with Crippen molar-refractivity contribution in [1.29, 1.82) is 5.26 Å². The molecule has 2 aromatic heterocycles. The molecule has 0 radical (unpaired) electrons. The van der Waals surface area contributed by atoms with Gasteiger partial charge in [0.25, 0.3) is 0 Å². The molecule has 31 heavy (non-hydrogen) atoms. The number of nitrogens with zero attached hydrogens (tertiary/aromatic N) is 3. The van der Waals surface area contributed by atoms with Gasteiger partial charge < -0.3 is 9.47 Å². The van der Waals surface area contributed by atoms with Crippen molar-refractivity contribution < 1.29 is 9.47 Å². The first-order valence-electron chi connectivity index (χ1n) is 9.56. The summed E-state index contributed by atoms with van der Waals surface area (Å²) in [7, 11) is 1.61. The Morgan fingerprint density at radius 1 is 1.13 bits per heavy atom. The van der Waals surface area contributed by atoms with Crippen LogP contribution in [0.2, 0.25) is 5.15 Å². The van der Waals surface area contributed by atoms with E-state index < -0.39 is 0 Å². The molecule has 5 nitrogen and oxygen atoms in total. The number of pyridine rings is 1. The van der Waals surface area contributed by atoms with Crippen LogP contribution in [0.5, 0.6) is 11.5 Å². The number of benzene rings is 2. The Hall–Kier alpha value is -3.40. The van der Waals surface area contributed by atoms with Crippen LogP contribution in [0, 0.1) is 11.3 Å². The summed E-state index contributed by atoms with van der Waals surface area (Å²) in [6.07, 6.45) is 1.72. The zero-order chi connectivity index (χ0) is 21.8. The first-order valence-corrected chi connectivity index (χ1v) is 10.8. The summed E-state index contributed by atoms with van der Waals surface area (Å²) in [6, 6.07) is 17.5. The van der Waals surface area contributed by atoms with E-state index in [0.717, 1.165) is 27.9 Å². The maximum Gasteiger partial charge on any atom is 0.137 e. The predicted molar refractivity (Wildman–Crippen MR) is 126 cm³/mol. The molecule has 0 saturated carbocycles. The highest BCUT2D eigenvalue weighted by Gasteiger charge is 2.12. The lowest BCUT2D eigenvalue weighted by Crippen LogP contribution is -1.90. The molecule has 0 unspecified atom stereocenters. The Labute approximate surface area is 189 Å². The summed E-state index contributed by atoms with van der Waals surface area (Å²) >= 11 is 7.81. The van der Waals surface area contributed by atoms with E-state index in [2.05, 4.69) is 16.0 Å². The van der Waals surface area contributed by atoms with Crippen molar-refractivity contribution in [1.82, 2.24) is 9.97 Å². The zero-order valence-corrected chi connectivity index (χ0v) is 18.5. The van der Waals surface area contributed by atoms with E-state index in [-0.39, 0.29) is 0 Å². The Morgan fingerprint density at radius 2 is 1.90 bits per heavy atom. The molecule has 154 valence electrons. The maximum atomic E-state index is 9.74. The average molecular weight is 448 g/mol. The molecule has 0 N–H and O–H groups in total. The molecule has 0 fully saturated rings. The topological polar surface area (TPSA) is 68.0 Å². The number of thiazole rings is 1. The van der Waals surface area contributed by atoms with E-state index in [4.69, 9.17) is 21.1 Å². The molecule has 0 atom stereocenters. The second-order valence-corrected chi connectivity index (χ2v) is 7.81. The third-order valence-electron chi connectivity index (χ3n) is 4.62. The SMILES string of the molecule is CCOc1ccc(-c2csc(C(C#N)=Cc3cc4ccc(OC)cc4nc3Cl)n2)cc1. The molecule has 2 aromatic carbocycles. The van der Waals surface area contributed by atoms with E-state index >= 15 is 0 Å². The highest BCUT2D eigenvalue weighted by Crippen LogP contribution is 2.31. The van der Waals surface area contributed by atoms with E-state index in [0.29, 0.717) is 33.7 Å². The lowest BCUT2D eigenvalue weighted by molar-refractivity contribution is 0.340. The van der Waals surface area contributed by atoms with E-state index in [1.807, 2.05) is 60.8 Å². The van der Waals surface area contributed by atoms with Gasteiger partial charge in [0.2, 0.25) is 0 Å². The summed E-state index contributed by atoms with van der Waals surface area (Å²) in [5, 5.41) is 13.5. The van der Waals surface area contributed by atoms with E-state index in [1.165, 1.54) is 11.3 Å². The summed E-state index contributed by atoms with van der Waals surface area (Å²) in [5.41, 5.74) is 3.58. The van der Waals surface area contributed by atoms with Crippen molar-refractivity contribution >= 4 is 45.5 Å². The Bertz CT molecular complexity index is 1310. The summed E-state index contributed by atoms with van der Waals surface area (Å²) in [6.45, 7) is 2.57. The lowest BCUT2D eigenvalue weighted by Gasteiger charge is -2.05. The predicted octanol–water partition coefficient (Wildman–Crippen LogP) is 6.48. The van der Waals surface area contributed by atoms with Crippen molar-refractivity contribution in [3.8, 4) is 28.8 Å². The summed E-state index contributed by atoms with van der Waals surface area (Å²) in [4.78, 5) is 9.09. The highest BCUT2D eigenvalue weighted by molar-refractivity contribution is 7.11. The number of allylic oxidation sites excluding steroid dienone is 1. The fourth-order valence-electron chi connectivity index (χ4n) is 3.08. The molecule has 4 aromatic rings. The van der Waals surface area contributed by atoms with Crippen LogP contribution in [0.4, 0.5) is 0 Å². The van der Waals surface area contributed by atoms with Gasteiger partial charge in [0.05, 0.1) is 30.5 Å².